The van der Waals surface area contributed by atoms with Gasteiger partial charge in [0.05, 0.1) is 29.3 Å². The van der Waals surface area contributed by atoms with E-state index in [1.807, 2.05) is 31.1 Å². The molecular formula is C13H20ClN5. The van der Waals surface area contributed by atoms with Gasteiger partial charge in [-0.2, -0.15) is 5.10 Å². The van der Waals surface area contributed by atoms with Crippen LogP contribution in [0.2, 0.25) is 5.02 Å². The lowest BCUT2D eigenvalue weighted by atomic mass is 10.3. The molecule has 19 heavy (non-hydrogen) atoms. The summed E-state index contributed by atoms with van der Waals surface area (Å²) in [4.78, 5) is 4.03. The predicted molar refractivity (Wildman–Crippen MR) is 76.4 cm³/mol. The Morgan fingerprint density at radius 2 is 2.21 bits per heavy atom. The monoisotopic (exact) mass is 281 g/mol. The highest BCUT2D eigenvalue weighted by atomic mass is 35.5. The van der Waals surface area contributed by atoms with Gasteiger partial charge in [-0.05, 0) is 20.8 Å². The van der Waals surface area contributed by atoms with Crippen molar-refractivity contribution in [2.24, 2.45) is 0 Å². The molecule has 0 radical (unpaired) electrons. The lowest BCUT2D eigenvalue weighted by Crippen LogP contribution is -2.33. The topological polar surface area (TPSA) is 47.7 Å². The zero-order chi connectivity index (χ0) is 13.8. The Labute approximate surface area is 118 Å². The molecule has 0 unspecified atom stereocenters. The minimum Gasteiger partial charge on any atom is -0.336 e. The normalized spacial score (nSPS) is 12.8. The van der Waals surface area contributed by atoms with Crippen LogP contribution in [0.3, 0.4) is 0 Å². The molecule has 0 aliphatic carbocycles. The van der Waals surface area contributed by atoms with Gasteiger partial charge in [0.15, 0.2) is 0 Å². The molecule has 0 aliphatic heterocycles. The maximum atomic E-state index is 6.12. The van der Waals surface area contributed by atoms with Gasteiger partial charge in [0.25, 0.3) is 0 Å². The van der Waals surface area contributed by atoms with Crippen molar-refractivity contribution in [3.63, 3.8) is 0 Å². The minimum atomic E-state index is 0.390. The summed E-state index contributed by atoms with van der Waals surface area (Å²) in [5.74, 6) is 0. The fraction of sp³-hybridized carbons (Fsp3) is 0.538. The van der Waals surface area contributed by atoms with E-state index in [4.69, 9.17) is 11.6 Å². The first-order valence-electron chi connectivity index (χ1n) is 6.46. The van der Waals surface area contributed by atoms with E-state index in [1.54, 1.807) is 6.20 Å². The Hall–Kier alpha value is -1.33. The van der Waals surface area contributed by atoms with Crippen molar-refractivity contribution >= 4 is 11.6 Å². The van der Waals surface area contributed by atoms with E-state index in [2.05, 4.69) is 26.9 Å². The highest BCUT2D eigenvalue weighted by Gasteiger charge is 2.09. The summed E-state index contributed by atoms with van der Waals surface area (Å²) in [7, 11) is 0. The van der Waals surface area contributed by atoms with Crippen LogP contribution in [-0.2, 0) is 13.1 Å². The number of rotatable bonds is 6. The first-order valence-corrected chi connectivity index (χ1v) is 6.84. The molecule has 0 saturated heterocycles. The average Bonchev–Trinajstić information content (AvgIpc) is 2.95. The summed E-state index contributed by atoms with van der Waals surface area (Å²) in [5, 5.41) is 8.65. The lowest BCUT2D eigenvalue weighted by Gasteiger charge is -2.14. The lowest BCUT2D eigenvalue weighted by molar-refractivity contribution is 0.448. The van der Waals surface area contributed by atoms with Gasteiger partial charge in [0.2, 0.25) is 0 Å². The maximum absolute atomic E-state index is 6.12. The molecule has 5 nitrogen and oxygen atoms in total. The highest BCUT2D eigenvalue weighted by molar-refractivity contribution is 6.31. The van der Waals surface area contributed by atoms with E-state index in [0.29, 0.717) is 6.04 Å². The van der Waals surface area contributed by atoms with E-state index in [9.17, 15) is 0 Å². The number of halogens is 1. The van der Waals surface area contributed by atoms with Gasteiger partial charge in [-0.1, -0.05) is 11.6 Å². The maximum Gasteiger partial charge on any atom is 0.0946 e. The van der Waals surface area contributed by atoms with Gasteiger partial charge >= 0.3 is 0 Å². The summed E-state index contributed by atoms with van der Waals surface area (Å²) >= 11 is 6.12. The number of aromatic nitrogens is 4. The van der Waals surface area contributed by atoms with Gasteiger partial charge in [-0.15, -0.1) is 0 Å². The summed E-state index contributed by atoms with van der Waals surface area (Å²) in [5.41, 5.74) is 1.92. The molecule has 0 amide bonds. The average molecular weight is 282 g/mol. The molecule has 0 fully saturated rings. The van der Waals surface area contributed by atoms with Gasteiger partial charge < -0.3 is 9.88 Å². The molecular weight excluding hydrogens is 262 g/mol. The zero-order valence-corrected chi connectivity index (χ0v) is 12.4. The molecule has 6 heteroatoms. The summed E-state index contributed by atoms with van der Waals surface area (Å²) in [6, 6.07) is 0.390. The SMILES string of the molecule is Cc1nn(CCN[C@H](C)Cn2ccnc2)c(C)c1Cl. The van der Waals surface area contributed by atoms with Crippen molar-refractivity contribution < 1.29 is 0 Å². The predicted octanol–water partition coefficient (Wildman–Crippen LogP) is 2.03. The summed E-state index contributed by atoms with van der Waals surface area (Å²) in [6.45, 7) is 8.70. The van der Waals surface area contributed by atoms with Crippen molar-refractivity contribution in [3.8, 4) is 0 Å². The van der Waals surface area contributed by atoms with E-state index in [1.165, 1.54) is 0 Å². The fourth-order valence-electron chi connectivity index (χ4n) is 2.09. The molecule has 0 saturated carbocycles. The third-order valence-corrected chi connectivity index (χ3v) is 3.70. The number of aryl methyl sites for hydroxylation is 1. The molecule has 104 valence electrons. The van der Waals surface area contributed by atoms with Crippen LogP contribution in [0.25, 0.3) is 0 Å². The molecule has 1 N–H and O–H groups in total. The zero-order valence-electron chi connectivity index (χ0n) is 11.6. The largest absolute Gasteiger partial charge is 0.336 e. The number of hydrogen-bond donors (Lipinski definition) is 1. The second-order valence-electron chi connectivity index (χ2n) is 4.82. The van der Waals surface area contributed by atoms with Crippen molar-refractivity contribution in [2.45, 2.75) is 39.9 Å². The molecule has 0 spiro atoms. The number of nitrogens with zero attached hydrogens (tertiary/aromatic N) is 4. The molecule has 2 rings (SSSR count). The Kier molecular flexibility index (Phi) is 4.61. The van der Waals surface area contributed by atoms with Gasteiger partial charge in [0, 0.05) is 31.5 Å². The Bertz CT molecular complexity index is 517. The Morgan fingerprint density at radius 1 is 1.42 bits per heavy atom. The highest BCUT2D eigenvalue weighted by Crippen LogP contribution is 2.18. The van der Waals surface area contributed by atoms with Crippen molar-refractivity contribution in [2.75, 3.05) is 6.54 Å². The van der Waals surface area contributed by atoms with Crippen LogP contribution in [0.15, 0.2) is 18.7 Å². The van der Waals surface area contributed by atoms with Gasteiger partial charge in [0.1, 0.15) is 0 Å². The quantitative estimate of drug-likeness (QED) is 0.881. The first kappa shape index (κ1) is 14.1. The summed E-state index contributed by atoms with van der Waals surface area (Å²) < 4.78 is 4.02. The van der Waals surface area contributed by atoms with Crippen molar-refractivity contribution in [3.05, 3.63) is 35.1 Å². The molecule has 1 atom stereocenters. The van der Waals surface area contributed by atoms with E-state index in [-0.39, 0.29) is 0 Å². The van der Waals surface area contributed by atoms with E-state index in [0.717, 1.165) is 36.0 Å². The van der Waals surface area contributed by atoms with Crippen LogP contribution in [-0.4, -0.2) is 31.9 Å². The number of hydrogen-bond acceptors (Lipinski definition) is 3. The smallest absolute Gasteiger partial charge is 0.0946 e. The van der Waals surface area contributed by atoms with Crippen LogP contribution >= 0.6 is 11.6 Å². The number of nitrogens with one attached hydrogen (secondary N) is 1. The Balaban J connectivity index is 1.78. The molecule has 2 aromatic heterocycles. The van der Waals surface area contributed by atoms with Crippen LogP contribution in [0.1, 0.15) is 18.3 Å². The second kappa shape index (κ2) is 6.21. The van der Waals surface area contributed by atoms with Gasteiger partial charge in [-0.25, -0.2) is 4.98 Å². The van der Waals surface area contributed by atoms with E-state index >= 15 is 0 Å². The van der Waals surface area contributed by atoms with Crippen LogP contribution in [0, 0.1) is 13.8 Å². The van der Waals surface area contributed by atoms with Gasteiger partial charge in [-0.3, -0.25) is 4.68 Å². The van der Waals surface area contributed by atoms with Crippen LogP contribution in [0.5, 0.6) is 0 Å². The standard InChI is InChI=1S/C13H20ClN5/c1-10(8-18-6-4-15-9-18)16-5-7-19-12(3)13(14)11(2)17-19/h4,6,9-10,16H,5,7-8H2,1-3H3/t10-/m1/s1. The minimum absolute atomic E-state index is 0.390. The summed E-state index contributed by atoms with van der Waals surface area (Å²) in [6.07, 6.45) is 5.60. The fourth-order valence-corrected chi connectivity index (χ4v) is 2.22. The molecule has 2 aromatic rings. The third kappa shape index (κ3) is 3.58. The van der Waals surface area contributed by atoms with E-state index < -0.39 is 0 Å². The molecule has 0 aromatic carbocycles. The number of imidazole rings is 1. The van der Waals surface area contributed by atoms with Crippen LogP contribution in [0.4, 0.5) is 0 Å². The van der Waals surface area contributed by atoms with Crippen molar-refractivity contribution in [1.29, 1.82) is 0 Å². The molecule has 2 heterocycles. The van der Waals surface area contributed by atoms with Crippen LogP contribution < -0.4 is 5.32 Å². The Morgan fingerprint density at radius 3 is 2.79 bits per heavy atom. The molecule has 0 aliphatic rings. The third-order valence-electron chi connectivity index (χ3n) is 3.15. The first-order chi connectivity index (χ1) is 9.08. The van der Waals surface area contributed by atoms with Crippen molar-refractivity contribution in [1.82, 2.24) is 24.6 Å². The molecule has 0 bridgehead atoms. The second-order valence-corrected chi connectivity index (χ2v) is 5.20.